The van der Waals surface area contributed by atoms with Gasteiger partial charge in [-0.25, -0.2) is 4.79 Å². The van der Waals surface area contributed by atoms with Gasteiger partial charge in [0, 0.05) is 16.2 Å². The van der Waals surface area contributed by atoms with Gasteiger partial charge in [-0.2, -0.15) is 0 Å². The van der Waals surface area contributed by atoms with E-state index in [1.54, 1.807) is 13.2 Å². The van der Waals surface area contributed by atoms with Gasteiger partial charge in [0.15, 0.2) is 0 Å². The average molecular weight is 382 g/mol. The van der Waals surface area contributed by atoms with Crippen molar-refractivity contribution in [2.24, 2.45) is 0 Å². The molecule has 0 atom stereocenters. The fourth-order valence-corrected chi connectivity index (χ4v) is 3.76. The Morgan fingerprint density at radius 2 is 1.48 bits per heavy atom. The Balaban J connectivity index is 1.77. The van der Waals surface area contributed by atoms with E-state index in [1.165, 1.54) is 0 Å². The molecule has 0 saturated heterocycles. The van der Waals surface area contributed by atoms with E-state index in [2.05, 4.69) is 0 Å². The summed E-state index contributed by atoms with van der Waals surface area (Å²) in [7, 11) is 1.63. The van der Waals surface area contributed by atoms with Gasteiger partial charge < -0.3 is 13.9 Å². The molecule has 0 bridgehead atoms. The molecule has 0 unspecified atom stereocenters. The SMILES string of the molecule is COc1cc2c3ccccc3c(=O)oc2c2cccc(OCc3ccccc3)c12. The number of fused-ring (bicyclic) bond motifs is 5. The standard InChI is InChI=1S/C25H18O4/c1-27-22-14-20-17-10-5-6-11-18(17)25(26)29-24(20)19-12-7-13-21(23(19)22)28-15-16-8-3-2-4-9-16/h2-14H,15H2,1H3. The van der Waals surface area contributed by atoms with Crippen molar-refractivity contribution in [3.05, 3.63) is 94.8 Å². The molecular formula is C25H18O4. The number of benzene rings is 4. The molecule has 0 aliphatic heterocycles. The van der Waals surface area contributed by atoms with Crippen molar-refractivity contribution in [2.75, 3.05) is 7.11 Å². The van der Waals surface area contributed by atoms with E-state index < -0.39 is 0 Å². The van der Waals surface area contributed by atoms with Crippen LogP contribution in [0.4, 0.5) is 0 Å². The van der Waals surface area contributed by atoms with E-state index in [1.807, 2.05) is 72.8 Å². The van der Waals surface area contributed by atoms with E-state index in [-0.39, 0.29) is 5.63 Å². The third kappa shape index (κ3) is 2.90. The van der Waals surface area contributed by atoms with Crippen LogP contribution >= 0.6 is 0 Å². The number of methoxy groups -OCH3 is 1. The van der Waals surface area contributed by atoms with Crippen molar-refractivity contribution in [3.8, 4) is 11.5 Å². The van der Waals surface area contributed by atoms with Crippen molar-refractivity contribution < 1.29 is 13.9 Å². The van der Waals surface area contributed by atoms with Gasteiger partial charge in [0.1, 0.15) is 23.7 Å². The zero-order chi connectivity index (χ0) is 19.8. The number of hydrogen-bond donors (Lipinski definition) is 0. The molecule has 0 amide bonds. The lowest BCUT2D eigenvalue weighted by Crippen LogP contribution is -2.01. The molecule has 0 aliphatic carbocycles. The van der Waals surface area contributed by atoms with Crippen LogP contribution in [-0.4, -0.2) is 7.11 Å². The second-order valence-electron chi connectivity index (χ2n) is 6.84. The molecule has 0 saturated carbocycles. The predicted octanol–water partition coefficient (Wildman–Crippen LogP) is 5.69. The van der Waals surface area contributed by atoms with Gasteiger partial charge in [-0.15, -0.1) is 0 Å². The highest BCUT2D eigenvalue weighted by atomic mass is 16.5. The van der Waals surface area contributed by atoms with Crippen LogP contribution in [0.3, 0.4) is 0 Å². The fourth-order valence-electron chi connectivity index (χ4n) is 3.76. The summed E-state index contributed by atoms with van der Waals surface area (Å²) in [5.41, 5.74) is 1.26. The van der Waals surface area contributed by atoms with Crippen LogP contribution in [0.25, 0.3) is 32.5 Å². The van der Waals surface area contributed by atoms with Crippen LogP contribution in [0.2, 0.25) is 0 Å². The molecule has 4 heteroatoms. The topological polar surface area (TPSA) is 48.7 Å². The summed E-state index contributed by atoms with van der Waals surface area (Å²) in [4.78, 5) is 12.6. The summed E-state index contributed by atoms with van der Waals surface area (Å²) < 4.78 is 17.6. The summed E-state index contributed by atoms with van der Waals surface area (Å²) in [6.07, 6.45) is 0. The Morgan fingerprint density at radius 3 is 2.28 bits per heavy atom. The molecule has 0 aliphatic rings. The van der Waals surface area contributed by atoms with E-state index >= 15 is 0 Å². The highest BCUT2D eigenvalue weighted by Crippen LogP contribution is 2.40. The molecule has 142 valence electrons. The minimum Gasteiger partial charge on any atom is -0.496 e. The van der Waals surface area contributed by atoms with Crippen LogP contribution in [0.5, 0.6) is 11.5 Å². The van der Waals surface area contributed by atoms with Gasteiger partial charge in [-0.3, -0.25) is 0 Å². The highest BCUT2D eigenvalue weighted by molar-refractivity contribution is 6.17. The number of ether oxygens (including phenoxy) is 2. The van der Waals surface area contributed by atoms with Gasteiger partial charge in [0.2, 0.25) is 0 Å². The second kappa shape index (κ2) is 6.99. The molecule has 5 rings (SSSR count). The number of rotatable bonds is 4. The summed E-state index contributed by atoms with van der Waals surface area (Å²) in [6, 6.07) is 25.1. The average Bonchev–Trinajstić information content (AvgIpc) is 2.78. The third-order valence-corrected chi connectivity index (χ3v) is 5.13. The zero-order valence-electron chi connectivity index (χ0n) is 15.8. The molecule has 1 heterocycles. The van der Waals surface area contributed by atoms with Gasteiger partial charge in [-0.05, 0) is 23.8 Å². The van der Waals surface area contributed by atoms with Gasteiger partial charge in [0.05, 0.1) is 17.9 Å². The summed E-state index contributed by atoms with van der Waals surface area (Å²) in [6.45, 7) is 0.433. The predicted molar refractivity (Wildman–Crippen MR) is 115 cm³/mol. The second-order valence-corrected chi connectivity index (χ2v) is 6.84. The van der Waals surface area contributed by atoms with Gasteiger partial charge in [0.25, 0.3) is 0 Å². The monoisotopic (exact) mass is 382 g/mol. The first kappa shape index (κ1) is 17.3. The fraction of sp³-hybridized carbons (Fsp3) is 0.0800. The highest BCUT2D eigenvalue weighted by Gasteiger charge is 2.17. The smallest absolute Gasteiger partial charge is 0.344 e. The van der Waals surface area contributed by atoms with Gasteiger partial charge >= 0.3 is 5.63 Å². The van der Waals surface area contributed by atoms with Crippen LogP contribution in [-0.2, 0) is 6.61 Å². The van der Waals surface area contributed by atoms with E-state index in [9.17, 15) is 4.79 Å². The molecule has 0 N–H and O–H groups in total. The maximum atomic E-state index is 12.6. The maximum Gasteiger partial charge on any atom is 0.344 e. The molecule has 0 fully saturated rings. The molecule has 4 nitrogen and oxygen atoms in total. The van der Waals surface area contributed by atoms with Crippen LogP contribution in [0.15, 0.2) is 88.1 Å². The quantitative estimate of drug-likeness (QED) is 0.296. The molecule has 1 aromatic heterocycles. The van der Waals surface area contributed by atoms with Crippen LogP contribution in [0.1, 0.15) is 5.56 Å². The molecule has 29 heavy (non-hydrogen) atoms. The van der Waals surface area contributed by atoms with Crippen molar-refractivity contribution in [2.45, 2.75) is 6.61 Å². The number of hydrogen-bond acceptors (Lipinski definition) is 4. The molecule has 5 aromatic rings. The Labute approximate surface area is 166 Å². The molecule has 0 spiro atoms. The molecule has 0 radical (unpaired) electrons. The minimum absolute atomic E-state index is 0.352. The van der Waals surface area contributed by atoms with E-state index in [0.29, 0.717) is 29.1 Å². The Hall–Kier alpha value is -3.79. The van der Waals surface area contributed by atoms with Crippen LogP contribution in [0, 0.1) is 0 Å². The summed E-state index contributed by atoms with van der Waals surface area (Å²) >= 11 is 0. The zero-order valence-corrected chi connectivity index (χ0v) is 15.8. The third-order valence-electron chi connectivity index (χ3n) is 5.13. The summed E-state index contributed by atoms with van der Waals surface area (Å²) in [5, 5.41) is 3.81. The molecular weight excluding hydrogens is 364 g/mol. The van der Waals surface area contributed by atoms with Crippen molar-refractivity contribution in [3.63, 3.8) is 0 Å². The molecule has 4 aromatic carbocycles. The first-order valence-corrected chi connectivity index (χ1v) is 9.38. The lowest BCUT2D eigenvalue weighted by atomic mass is 10.0. The van der Waals surface area contributed by atoms with Crippen molar-refractivity contribution in [1.82, 2.24) is 0 Å². The first-order chi connectivity index (χ1) is 14.3. The first-order valence-electron chi connectivity index (χ1n) is 9.38. The normalized spacial score (nSPS) is 11.2. The minimum atomic E-state index is -0.352. The van der Waals surface area contributed by atoms with Crippen molar-refractivity contribution in [1.29, 1.82) is 0 Å². The largest absolute Gasteiger partial charge is 0.496 e. The van der Waals surface area contributed by atoms with Crippen molar-refractivity contribution >= 4 is 32.5 Å². The van der Waals surface area contributed by atoms with Crippen LogP contribution < -0.4 is 15.1 Å². The Morgan fingerprint density at radius 1 is 0.759 bits per heavy atom. The Kier molecular flexibility index (Phi) is 4.17. The van der Waals surface area contributed by atoms with Gasteiger partial charge in [-0.1, -0.05) is 60.7 Å². The summed E-state index contributed by atoms with van der Waals surface area (Å²) in [5.74, 6) is 1.36. The lowest BCUT2D eigenvalue weighted by Gasteiger charge is -2.14. The lowest BCUT2D eigenvalue weighted by molar-refractivity contribution is 0.308. The van der Waals surface area contributed by atoms with E-state index in [0.717, 1.165) is 27.1 Å². The van der Waals surface area contributed by atoms with E-state index in [4.69, 9.17) is 13.9 Å². The Bertz CT molecular complexity index is 1400. The maximum absolute atomic E-state index is 12.6.